The number of nitrogens with two attached hydrogens (primary N) is 1. The number of hydrogen-bond acceptors (Lipinski definition) is 4. The SMILES string of the molecule is CCCCn1nc(OCc2cccc3ccccc23)c(C#N)c1N. The summed E-state index contributed by atoms with van der Waals surface area (Å²) in [6, 6.07) is 16.3. The number of nitrogens with zero attached hydrogens (tertiary/aromatic N) is 3. The molecule has 0 spiro atoms. The number of nitrogen functional groups attached to an aromatic ring is 1. The van der Waals surface area contributed by atoms with Crippen molar-refractivity contribution in [2.75, 3.05) is 5.73 Å². The number of ether oxygens (including phenoxy) is 1. The standard InChI is InChI=1S/C19H20N4O/c1-2-3-11-23-18(21)17(12-20)19(22-23)24-13-15-9-6-8-14-7-4-5-10-16(14)15/h4-10H,2-3,11,13,21H2,1H3. The minimum Gasteiger partial charge on any atom is -0.471 e. The molecule has 0 amide bonds. The molecule has 2 N–H and O–H groups in total. The van der Waals surface area contributed by atoms with Crippen molar-refractivity contribution in [2.24, 2.45) is 0 Å². The molecule has 0 atom stereocenters. The fourth-order valence-electron chi connectivity index (χ4n) is 2.70. The lowest BCUT2D eigenvalue weighted by molar-refractivity contribution is 0.290. The van der Waals surface area contributed by atoms with Crippen molar-refractivity contribution in [1.29, 1.82) is 5.26 Å². The van der Waals surface area contributed by atoms with Gasteiger partial charge in [-0.25, -0.2) is 4.68 Å². The van der Waals surface area contributed by atoms with Gasteiger partial charge in [0, 0.05) is 6.54 Å². The van der Waals surface area contributed by atoms with Crippen molar-refractivity contribution < 1.29 is 4.74 Å². The van der Waals surface area contributed by atoms with Crippen LogP contribution in [0, 0.1) is 11.3 Å². The van der Waals surface area contributed by atoms with Crippen LogP contribution >= 0.6 is 0 Å². The van der Waals surface area contributed by atoms with Crippen molar-refractivity contribution in [1.82, 2.24) is 9.78 Å². The van der Waals surface area contributed by atoms with E-state index >= 15 is 0 Å². The Bertz CT molecular complexity index is 887. The van der Waals surface area contributed by atoms with E-state index in [-0.39, 0.29) is 0 Å². The Kier molecular flexibility index (Phi) is 4.66. The summed E-state index contributed by atoms with van der Waals surface area (Å²) in [7, 11) is 0. The van der Waals surface area contributed by atoms with Gasteiger partial charge in [-0.05, 0) is 22.8 Å². The lowest BCUT2D eigenvalue weighted by Gasteiger charge is -2.07. The van der Waals surface area contributed by atoms with Crippen LogP contribution in [0.3, 0.4) is 0 Å². The Balaban J connectivity index is 1.85. The first-order valence-electron chi connectivity index (χ1n) is 8.10. The van der Waals surface area contributed by atoms with Crippen LogP contribution in [0.5, 0.6) is 5.88 Å². The molecule has 3 rings (SSSR count). The maximum absolute atomic E-state index is 9.34. The lowest BCUT2D eigenvalue weighted by atomic mass is 10.1. The summed E-state index contributed by atoms with van der Waals surface area (Å²) in [5.41, 5.74) is 7.38. The predicted molar refractivity (Wildman–Crippen MR) is 94.5 cm³/mol. The van der Waals surface area contributed by atoms with E-state index in [0.717, 1.165) is 29.2 Å². The molecule has 0 unspecified atom stereocenters. The van der Waals surface area contributed by atoms with Gasteiger partial charge in [-0.1, -0.05) is 55.8 Å². The lowest BCUT2D eigenvalue weighted by Crippen LogP contribution is -2.05. The highest BCUT2D eigenvalue weighted by molar-refractivity contribution is 5.85. The van der Waals surface area contributed by atoms with Crippen LogP contribution in [0.2, 0.25) is 0 Å². The molecule has 3 aromatic rings. The van der Waals surface area contributed by atoms with Gasteiger partial charge < -0.3 is 10.5 Å². The van der Waals surface area contributed by atoms with Gasteiger partial charge >= 0.3 is 0 Å². The van der Waals surface area contributed by atoms with E-state index in [9.17, 15) is 5.26 Å². The number of rotatable bonds is 6. The quantitative estimate of drug-likeness (QED) is 0.748. The highest BCUT2D eigenvalue weighted by atomic mass is 16.5. The summed E-state index contributed by atoms with van der Waals surface area (Å²) >= 11 is 0. The van der Waals surface area contributed by atoms with Crippen LogP contribution in [0.1, 0.15) is 30.9 Å². The molecule has 0 saturated carbocycles. The van der Waals surface area contributed by atoms with Gasteiger partial charge in [-0.2, -0.15) is 5.26 Å². The Morgan fingerprint density at radius 2 is 2.00 bits per heavy atom. The molecular weight excluding hydrogens is 300 g/mol. The fraction of sp³-hybridized carbons (Fsp3) is 0.263. The summed E-state index contributed by atoms with van der Waals surface area (Å²) in [5, 5.41) is 16.0. The molecule has 122 valence electrons. The zero-order valence-electron chi connectivity index (χ0n) is 13.7. The van der Waals surface area contributed by atoms with Gasteiger partial charge in [-0.15, -0.1) is 5.10 Å². The predicted octanol–water partition coefficient (Wildman–Crippen LogP) is 3.87. The first-order chi connectivity index (χ1) is 11.7. The summed E-state index contributed by atoms with van der Waals surface area (Å²) in [4.78, 5) is 0. The van der Waals surface area contributed by atoms with Crippen LogP contribution < -0.4 is 10.5 Å². The third-order valence-electron chi connectivity index (χ3n) is 4.04. The largest absolute Gasteiger partial charge is 0.471 e. The average Bonchev–Trinajstić information content (AvgIpc) is 2.93. The highest BCUT2D eigenvalue weighted by Gasteiger charge is 2.17. The summed E-state index contributed by atoms with van der Waals surface area (Å²) in [6.07, 6.45) is 1.99. The molecule has 0 bridgehead atoms. The number of benzene rings is 2. The zero-order chi connectivity index (χ0) is 16.9. The molecule has 0 aliphatic rings. The van der Waals surface area contributed by atoms with Crippen molar-refractivity contribution in [3.63, 3.8) is 0 Å². The summed E-state index contributed by atoms with van der Waals surface area (Å²) in [5.74, 6) is 0.679. The molecule has 24 heavy (non-hydrogen) atoms. The monoisotopic (exact) mass is 320 g/mol. The van der Waals surface area contributed by atoms with E-state index in [1.807, 2.05) is 24.3 Å². The molecule has 1 aromatic heterocycles. The topological polar surface area (TPSA) is 76.9 Å². The maximum atomic E-state index is 9.34. The normalized spacial score (nSPS) is 10.7. The summed E-state index contributed by atoms with van der Waals surface area (Å²) in [6.45, 7) is 3.14. The first-order valence-corrected chi connectivity index (χ1v) is 8.10. The smallest absolute Gasteiger partial charge is 0.253 e. The number of anilines is 1. The Morgan fingerprint density at radius 1 is 1.21 bits per heavy atom. The van der Waals surface area contributed by atoms with E-state index in [2.05, 4.69) is 36.3 Å². The Labute approximate surface area is 141 Å². The minimum atomic E-state index is 0.305. The molecule has 0 radical (unpaired) electrons. The number of aromatic nitrogens is 2. The van der Waals surface area contributed by atoms with Crippen LogP contribution in [-0.4, -0.2) is 9.78 Å². The molecule has 5 nitrogen and oxygen atoms in total. The van der Waals surface area contributed by atoms with Gasteiger partial charge in [0.25, 0.3) is 5.88 Å². The highest BCUT2D eigenvalue weighted by Crippen LogP contribution is 2.25. The zero-order valence-corrected chi connectivity index (χ0v) is 13.7. The molecule has 1 heterocycles. The van der Waals surface area contributed by atoms with E-state index in [1.165, 1.54) is 0 Å². The van der Waals surface area contributed by atoms with Gasteiger partial charge in [0.05, 0.1) is 0 Å². The van der Waals surface area contributed by atoms with Gasteiger partial charge in [0.15, 0.2) is 5.56 Å². The van der Waals surface area contributed by atoms with Gasteiger partial charge in [0.1, 0.15) is 18.5 Å². The average molecular weight is 320 g/mol. The molecule has 5 heteroatoms. The Hall–Kier alpha value is -3.00. The second kappa shape index (κ2) is 7.05. The van der Waals surface area contributed by atoms with Crippen molar-refractivity contribution >= 4 is 16.6 Å². The van der Waals surface area contributed by atoms with E-state index in [0.29, 0.717) is 30.4 Å². The van der Waals surface area contributed by atoms with E-state index < -0.39 is 0 Å². The number of unbranched alkanes of at least 4 members (excludes halogenated alkanes) is 1. The van der Waals surface area contributed by atoms with Crippen molar-refractivity contribution in [3.8, 4) is 11.9 Å². The van der Waals surface area contributed by atoms with E-state index in [1.54, 1.807) is 4.68 Å². The second-order valence-corrected chi connectivity index (χ2v) is 5.68. The number of hydrogen-bond donors (Lipinski definition) is 1. The molecular formula is C19H20N4O. The minimum absolute atomic E-state index is 0.305. The molecule has 0 saturated heterocycles. The van der Waals surface area contributed by atoms with Crippen LogP contribution in [0.25, 0.3) is 10.8 Å². The number of aryl methyl sites for hydroxylation is 1. The Morgan fingerprint density at radius 3 is 2.79 bits per heavy atom. The fourth-order valence-corrected chi connectivity index (χ4v) is 2.70. The molecule has 2 aromatic carbocycles. The molecule has 0 aliphatic carbocycles. The van der Waals surface area contributed by atoms with Crippen molar-refractivity contribution in [3.05, 3.63) is 53.6 Å². The van der Waals surface area contributed by atoms with Gasteiger partial charge in [0.2, 0.25) is 0 Å². The number of fused-ring (bicyclic) bond motifs is 1. The van der Waals surface area contributed by atoms with Crippen molar-refractivity contribution in [2.45, 2.75) is 32.9 Å². The van der Waals surface area contributed by atoms with Crippen LogP contribution in [-0.2, 0) is 13.2 Å². The van der Waals surface area contributed by atoms with E-state index in [4.69, 9.17) is 10.5 Å². The number of nitriles is 1. The maximum Gasteiger partial charge on any atom is 0.253 e. The van der Waals surface area contributed by atoms with Gasteiger partial charge in [-0.3, -0.25) is 0 Å². The molecule has 0 aliphatic heterocycles. The first kappa shape index (κ1) is 15.9. The second-order valence-electron chi connectivity index (χ2n) is 5.68. The van der Waals surface area contributed by atoms with Crippen LogP contribution in [0.4, 0.5) is 5.82 Å². The third-order valence-corrected chi connectivity index (χ3v) is 4.04. The molecule has 0 fully saturated rings. The van der Waals surface area contributed by atoms with Crippen LogP contribution in [0.15, 0.2) is 42.5 Å². The summed E-state index contributed by atoms with van der Waals surface area (Å²) < 4.78 is 7.48. The third kappa shape index (κ3) is 3.04.